The molecule has 7 heteroatoms. The lowest BCUT2D eigenvalue weighted by atomic mass is 10.4. The maximum atomic E-state index is 11.2. The number of aromatic nitrogens is 2. The van der Waals surface area contributed by atoms with E-state index in [1.54, 1.807) is 11.3 Å². The lowest BCUT2D eigenvalue weighted by Gasteiger charge is -1.97. The average molecular weight is 282 g/mol. The van der Waals surface area contributed by atoms with E-state index in [-0.39, 0.29) is 5.75 Å². The van der Waals surface area contributed by atoms with Crippen molar-refractivity contribution in [3.8, 4) is 5.75 Å². The van der Waals surface area contributed by atoms with Gasteiger partial charge in [-0.3, -0.25) is 4.79 Å². The highest BCUT2D eigenvalue weighted by Crippen LogP contribution is 2.42. The summed E-state index contributed by atoms with van der Waals surface area (Å²) in [5, 5.41) is 18.4. The van der Waals surface area contributed by atoms with Crippen LogP contribution in [0.4, 0.5) is 0 Å². The fraction of sp³-hybridized carbons (Fsp3) is 0.364. The first-order valence-corrected chi connectivity index (χ1v) is 7.29. The molecular formula is C11H10N2O3S2. The minimum Gasteiger partial charge on any atom is -0.502 e. The van der Waals surface area contributed by atoms with Crippen molar-refractivity contribution in [3.63, 3.8) is 0 Å². The first-order valence-electron chi connectivity index (χ1n) is 5.49. The Morgan fingerprint density at radius 3 is 3.06 bits per heavy atom. The lowest BCUT2D eigenvalue weighted by Crippen LogP contribution is -1.98. The van der Waals surface area contributed by atoms with Gasteiger partial charge < -0.3 is 9.52 Å². The first-order chi connectivity index (χ1) is 8.72. The zero-order valence-corrected chi connectivity index (χ0v) is 11.0. The monoisotopic (exact) mass is 282 g/mol. The van der Waals surface area contributed by atoms with Crippen LogP contribution in [0, 0.1) is 0 Å². The van der Waals surface area contributed by atoms with E-state index in [1.165, 1.54) is 30.7 Å². The van der Waals surface area contributed by atoms with Gasteiger partial charge in [-0.2, -0.15) is 0 Å². The van der Waals surface area contributed by atoms with Crippen molar-refractivity contribution in [1.29, 1.82) is 0 Å². The van der Waals surface area contributed by atoms with Crippen molar-refractivity contribution < 1.29 is 9.52 Å². The molecule has 94 valence electrons. The third-order valence-corrected chi connectivity index (χ3v) is 4.79. The fourth-order valence-electron chi connectivity index (χ4n) is 1.43. The van der Waals surface area contributed by atoms with Gasteiger partial charge in [-0.1, -0.05) is 23.1 Å². The van der Waals surface area contributed by atoms with Crippen molar-refractivity contribution in [2.45, 2.75) is 28.9 Å². The number of nitrogens with zero attached hydrogens (tertiary/aromatic N) is 2. The normalized spacial score (nSPS) is 14.9. The van der Waals surface area contributed by atoms with E-state index in [0.717, 1.165) is 15.6 Å². The molecule has 0 radical (unpaired) electrons. The van der Waals surface area contributed by atoms with E-state index < -0.39 is 5.43 Å². The van der Waals surface area contributed by atoms with E-state index in [4.69, 9.17) is 9.52 Å². The second-order valence-corrected chi connectivity index (χ2v) is 6.30. The van der Waals surface area contributed by atoms with Gasteiger partial charge in [0.1, 0.15) is 17.0 Å². The van der Waals surface area contributed by atoms with Crippen LogP contribution in [0.3, 0.4) is 0 Å². The van der Waals surface area contributed by atoms with Crippen molar-refractivity contribution in [3.05, 3.63) is 33.3 Å². The molecule has 3 rings (SSSR count). The molecule has 0 amide bonds. The molecule has 2 aromatic heterocycles. The quantitative estimate of drug-likeness (QED) is 0.868. The molecule has 0 atom stereocenters. The Labute approximate surface area is 111 Å². The maximum Gasteiger partial charge on any atom is 0.226 e. The second-order valence-electron chi connectivity index (χ2n) is 4.06. The van der Waals surface area contributed by atoms with Crippen LogP contribution in [-0.4, -0.2) is 15.3 Å². The average Bonchev–Trinajstić information content (AvgIpc) is 3.11. The fourth-order valence-corrected chi connectivity index (χ4v) is 3.36. The number of hydrogen-bond acceptors (Lipinski definition) is 7. The van der Waals surface area contributed by atoms with Crippen molar-refractivity contribution >= 4 is 23.1 Å². The molecular weight excluding hydrogens is 272 g/mol. The van der Waals surface area contributed by atoms with Crippen LogP contribution in [0.5, 0.6) is 5.75 Å². The van der Waals surface area contributed by atoms with E-state index in [0.29, 0.717) is 17.4 Å². The number of rotatable bonds is 4. The topological polar surface area (TPSA) is 76.2 Å². The predicted molar refractivity (Wildman–Crippen MR) is 68.1 cm³/mol. The molecule has 1 aliphatic carbocycles. The Kier molecular flexibility index (Phi) is 3.09. The van der Waals surface area contributed by atoms with Gasteiger partial charge in [0, 0.05) is 12.0 Å². The Hall–Kier alpha value is -1.34. The molecule has 1 saturated carbocycles. The molecule has 0 spiro atoms. The molecule has 2 aromatic rings. The van der Waals surface area contributed by atoms with Crippen LogP contribution in [-0.2, 0) is 5.75 Å². The van der Waals surface area contributed by atoms with Gasteiger partial charge in [0.25, 0.3) is 0 Å². The zero-order valence-electron chi connectivity index (χ0n) is 9.33. The summed E-state index contributed by atoms with van der Waals surface area (Å²) in [6.45, 7) is 0. The molecule has 18 heavy (non-hydrogen) atoms. The first kappa shape index (κ1) is 11.7. The lowest BCUT2D eigenvalue weighted by molar-refractivity contribution is 0.419. The Morgan fingerprint density at radius 1 is 1.50 bits per heavy atom. The Balaban J connectivity index is 1.65. The molecule has 0 saturated heterocycles. The zero-order chi connectivity index (χ0) is 12.5. The van der Waals surface area contributed by atoms with Crippen molar-refractivity contribution in [1.82, 2.24) is 10.2 Å². The molecule has 5 nitrogen and oxygen atoms in total. The molecule has 0 aromatic carbocycles. The van der Waals surface area contributed by atoms with Gasteiger partial charge in [-0.25, -0.2) is 0 Å². The third kappa shape index (κ3) is 2.56. The summed E-state index contributed by atoms with van der Waals surface area (Å²) in [6, 6.07) is 1.30. The van der Waals surface area contributed by atoms with Crippen LogP contribution in [0.25, 0.3) is 0 Å². The summed E-state index contributed by atoms with van der Waals surface area (Å²) in [7, 11) is 0. The molecule has 1 aliphatic rings. The number of thioether (sulfide) groups is 1. The SMILES string of the molecule is O=c1cc(CSc2nnc(C3CC3)s2)occ1O. The van der Waals surface area contributed by atoms with Gasteiger partial charge in [0.15, 0.2) is 10.1 Å². The third-order valence-electron chi connectivity index (χ3n) is 2.55. The van der Waals surface area contributed by atoms with E-state index in [2.05, 4.69) is 10.2 Å². The van der Waals surface area contributed by atoms with Crippen molar-refractivity contribution in [2.75, 3.05) is 0 Å². The molecule has 0 unspecified atom stereocenters. The number of hydrogen-bond donors (Lipinski definition) is 1. The highest BCUT2D eigenvalue weighted by Gasteiger charge is 2.27. The Morgan fingerprint density at radius 2 is 2.33 bits per heavy atom. The molecule has 0 bridgehead atoms. The summed E-state index contributed by atoms with van der Waals surface area (Å²) >= 11 is 3.09. The smallest absolute Gasteiger partial charge is 0.226 e. The van der Waals surface area contributed by atoms with Crippen LogP contribution in [0.1, 0.15) is 29.5 Å². The second kappa shape index (κ2) is 4.74. The van der Waals surface area contributed by atoms with Crippen LogP contribution in [0.15, 0.2) is 25.9 Å². The molecule has 0 aliphatic heterocycles. The van der Waals surface area contributed by atoms with Gasteiger partial charge in [0.05, 0.1) is 5.75 Å². The van der Waals surface area contributed by atoms with E-state index in [9.17, 15) is 4.79 Å². The minimum atomic E-state index is -0.423. The van der Waals surface area contributed by atoms with E-state index in [1.807, 2.05) is 0 Å². The highest BCUT2D eigenvalue weighted by molar-refractivity contribution is 8.00. The summed E-state index contributed by atoms with van der Waals surface area (Å²) in [4.78, 5) is 11.2. The largest absolute Gasteiger partial charge is 0.502 e. The van der Waals surface area contributed by atoms with Gasteiger partial charge in [0.2, 0.25) is 5.43 Å². The standard InChI is InChI=1S/C11H10N2O3S2/c14-8-3-7(16-4-9(8)15)5-17-11-13-12-10(18-11)6-1-2-6/h3-4,6,15H,1-2,5H2. The van der Waals surface area contributed by atoms with Gasteiger partial charge in [-0.05, 0) is 12.8 Å². The Bertz CT molecular complexity index is 619. The summed E-state index contributed by atoms with van der Waals surface area (Å²) < 4.78 is 5.99. The van der Waals surface area contributed by atoms with E-state index >= 15 is 0 Å². The maximum absolute atomic E-state index is 11.2. The van der Waals surface area contributed by atoms with Crippen LogP contribution < -0.4 is 5.43 Å². The van der Waals surface area contributed by atoms with Crippen molar-refractivity contribution in [2.24, 2.45) is 0 Å². The summed E-state index contributed by atoms with van der Waals surface area (Å²) in [5.41, 5.74) is -0.423. The van der Waals surface area contributed by atoms with Crippen LogP contribution in [0.2, 0.25) is 0 Å². The summed E-state index contributed by atoms with van der Waals surface area (Å²) in [6.07, 6.45) is 3.49. The van der Waals surface area contributed by atoms with Crippen LogP contribution >= 0.6 is 23.1 Å². The van der Waals surface area contributed by atoms with Gasteiger partial charge >= 0.3 is 0 Å². The van der Waals surface area contributed by atoms with Gasteiger partial charge in [-0.15, -0.1) is 10.2 Å². The molecule has 2 heterocycles. The highest BCUT2D eigenvalue weighted by atomic mass is 32.2. The number of aromatic hydroxyl groups is 1. The predicted octanol–water partition coefficient (Wildman–Crippen LogP) is 2.37. The minimum absolute atomic E-state index is 0.365. The molecule has 1 fully saturated rings. The summed E-state index contributed by atoms with van der Waals surface area (Å²) in [5.74, 6) is 1.28. The molecule has 1 N–H and O–H groups in total.